The third kappa shape index (κ3) is 3.78. The summed E-state index contributed by atoms with van der Waals surface area (Å²) in [5.41, 5.74) is 0. The van der Waals surface area contributed by atoms with Crippen molar-refractivity contribution in [2.24, 2.45) is 0 Å². The first-order chi connectivity index (χ1) is 9.53. The van der Waals surface area contributed by atoms with Gasteiger partial charge in [-0.3, -0.25) is 0 Å². The molecule has 2 aromatic rings. The van der Waals surface area contributed by atoms with Crippen molar-refractivity contribution in [3.05, 3.63) is 39.1 Å². The second kappa shape index (κ2) is 6.66. The van der Waals surface area contributed by atoms with E-state index in [2.05, 4.69) is 31.0 Å². The molecule has 2 aromatic heterocycles. The number of halogens is 1. The molecule has 0 fully saturated rings. The molecule has 8 heteroatoms. The summed E-state index contributed by atoms with van der Waals surface area (Å²) in [6, 6.07) is 7.07. The number of sulfonamides is 1. The Morgan fingerprint density at radius 3 is 2.80 bits per heavy atom. The summed E-state index contributed by atoms with van der Waals surface area (Å²) in [5, 5.41) is 2.78. The molecule has 2 heterocycles. The number of pyridine rings is 1. The maximum absolute atomic E-state index is 12.2. The van der Waals surface area contributed by atoms with Crippen LogP contribution >= 0.6 is 27.3 Å². The predicted octanol–water partition coefficient (Wildman–Crippen LogP) is 2.47. The summed E-state index contributed by atoms with van der Waals surface area (Å²) < 4.78 is 28.1. The zero-order valence-electron chi connectivity index (χ0n) is 10.8. The fourth-order valence-corrected chi connectivity index (χ4v) is 4.34. The van der Waals surface area contributed by atoms with E-state index in [9.17, 15) is 8.42 Å². The third-order valence-electron chi connectivity index (χ3n) is 2.59. The molecule has 0 spiro atoms. The molecule has 0 radical (unpaired) electrons. The molecule has 0 unspecified atom stereocenters. The summed E-state index contributed by atoms with van der Waals surface area (Å²) in [6.07, 6.45) is 2.21. The number of nitrogens with one attached hydrogen (secondary N) is 2. The van der Waals surface area contributed by atoms with Crippen LogP contribution in [0.3, 0.4) is 0 Å². The fourth-order valence-electron chi connectivity index (χ4n) is 1.67. The standard InChI is InChI=1S/C12H14BrN3O2S2/c1-14-12-10(3-2-7-15-12)20(17,18)16-8-6-9-4-5-11(13)19-9/h2-5,7,16H,6,8H2,1H3,(H,14,15). The molecule has 108 valence electrons. The number of hydrogen-bond acceptors (Lipinski definition) is 5. The van der Waals surface area contributed by atoms with E-state index in [-0.39, 0.29) is 4.90 Å². The second-order valence-corrected chi connectivity index (χ2v) is 8.24. The highest BCUT2D eigenvalue weighted by atomic mass is 79.9. The predicted molar refractivity (Wildman–Crippen MR) is 84.7 cm³/mol. The average Bonchev–Trinajstić information content (AvgIpc) is 2.84. The molecule has 2 N–H and O–H groups in total. The van der Waals surface area contributed by atoms with E-state index >= 15 is 0 Å². The summed E-state index contributed by atoms with van der Waals surface area (Å²) >= 11 is 4.98. The molecule has 2 rings (SSSR count). The van der Waals surface area contributed by atoms with Gasteiger partial charge in [0.25, 0.3) is 0 Å². The van der Waals surface area contributed by atoms with Gasteiger partial charge >= 0.3 is 0 Å². The van der Waals surface area contributed by atoms with Crippen LogP contribution in [0.25, 0.3) is 0 Å². The van der Waals surface area contributed by atoms with Gasteiger partial charge in [0, 0.05) is 24.7 Å². The van der Waals surface area contributed by atoms with Crippen molar-refractivity contribution >= 4 is 43.1 Å². The van der Waals surface area contributed by atoms with Gasteiger partial charge in [0.05, 0.1) is 3.79 Å². The van der Waals surface area contributed by atoms with E-state index in [0.29, 0.717) is 18.8 Å². The molecular formula is C12H14BrN3O2S2. The van der Waals surface area contributed by atoms with Gasteiger partial charge in [-0.25, -0.2) is 18.1 Å². The molecule has 0 aliphatic heterocycles. The summed E-state index contributed by atoms with van der Waals surface area (Å²) in [5.74, 6) is 0.346. The smallest absolute Gasteiger partial charge is 0.244 e. The lowest BCUT2D eigenvalue weighted by Crippen LogP contribution is -2.26. The zero-order valence-corrected chi connectivity index (χ0v) is 14.0. The topological polar surface area (TPSA) is 71.1 Å². The van der Waals surface area contributed by atoms with Crippen LogP contribution in [0.2, 0.25) is 0 Å². The fraction of sp³-hybridized carbons (Fsp3) is 0.250. The first kappa shape index (κ1) is 15.4. The highest BCUT2D eigenvalue weighted by Crippen LogP contribution is 2.22. The van der Waals surface area contributed by atoms with Crippen LogP contribution in [0.5, 0.6) is 0 Å². The monoisotopic (exact) mass is 375 g/mol. The number of nitrogens with zero attached hydrogens (tertiary/aromatic N) is 1. The lowest BCUT2D eigenvalue weighted by atomic mass is 10.3. The molecule has 0 atom stereocenters. The number of hydrogen-bond donors (Lipinski definition) is 2. The largest absolute Gasteiger partial charge is 0.372 e. The van der Waals surface area contributed by atoms with Crippen LogP contribution in [0.4, 0.5) is 5.82 Å². The highest BCUT2D eigenvalue weighted by Gasteiger charge is 2.18. The molecule has 0 aliphatic carbocycles. The van der Waals surface area contributed by atoms with E-state index < -0.39 is 10.0 Å². The van der Waals surface area contributed by atoms with Gasteiger partial charge in [-0.15, -0.1) is 11.3 Å². The van der Waals surface area contributed by atoms with Gasteiger partial charge in [0.1, 0.15) is 10.7 Å². The molecule has 20 heavy (non-hydrogen) atoms. The van der Waals surface area contributed by atoms with Gasteiger partial charge in [-0.2, -0.15) is 0 Å². The molecule has 0 saturated carbocycles. The van der Waals surface area contributed by atoms with E-state index in [0.717, 1.165) is 8.66 Å². The Hall–Kier alpha value is -0.960. The first-order valence-electron chi connectivity index (χ1n) is 5.89. The highest BCUT2D eigenvalue weighted by molar-refractivity contribution is 9.11. The minimum absolute atomic E-state index is 0.162. The Kier molecular flexibility index (Phi) is 5.14. The van der Waals surface area contributed by atoms with E-state index in [4.69, 9.17) is 0 Å². The maximum atomic E-state index is 12.2. The Bertz CT molecular complexity index is 686. The van der Waals surface area contributed by atoms with Crippen LogP contribution in [0.1, 0.15) is 4.88 Å². The van der Waals surface area contributed by atoms with Gasteiger partial charge in [0.15, 0.2) is 0 Å². The maximum Gasteiger partial charge on any atom is 0.244 e. The lowest BCUT2D eigenvalue weighted by molar-refractivity contribution is 0.582. The Balaban J connectivity index is 2.04. The van der Waals surface area contributed by atoms with E-state index in [1.54, 1.807) is 30.6 Å². The third-order valence-corrected chi connectivity index (χ3v) is 5.77. The van der Waals surface area contributed by atoms with Gasteiger partial charge in [-0.1, -0.05) is 0 Å². The normalized spacial score (nSPS) is 11.5. The molecular weight excluding hydrogens is 362 g/mol. The summed E-state index contributed by atoms with van der Waals surface area (Å²) in [4.78, 5) is 5.29. The SMILES string of the molecule is CNc1ncccc1S(=O)(=O)NCCc1ccc(Br)s1. The quantitative estimate of drug-likeness (QED) is 0.813. The lowest BCUT2D eigenvalue weighted by Gasteiger charge is -2.09. The number of aromatic nitrogens is 1. The minimum Gasteiger partial charge on any atom is -0.372 e. The van der Waals surface area contributed by atoms with Crippen molar-refractivity contribution in [2.45, 2.75) is 11.3 Å². The Labute approximate surface area is 130 Å². The Morgan fingerprint density at radius 2 is 2.15 bits per heavy atom. The van der Waals surface area contributed by atoms with Crippen molar-refractivity contribution in [3.8, 4) is 0 Å². The van der Waals surface area contributed by atoms with E-state index in [1.165, 1.54) is 6.07 Å². The van der Waals surface area contributed by atoms with Crippen molar-refractivity contribution in [1.82, 2.24) is 9.71 Å². The van der Waals surface area contributed by atoms with Gasteiger partial charge in [-0.05, 0) is 46.6 Å². The van der Waals surface area contributed by atoms with Crippen molar-refractivity contribution < 1.29 is 8.42 Å². The first-order valence-corrected chi connectivity index (χ1v) is 8.99. The van der Waals surface area contributed by atoms with Gasteiger partial charge in [0.2, 0.25) is 10.0 Å². The van der Waals surface area contributed by atoms with Crippen LogP contribution < -0.4 is 10.0 Å². The van der Waals surface area contributed by atoms with Crippen LogP contribution in [0.15, 0.2) is 39.1 Å². The summed E-state index contributed by atoms with van der Waals surface area (Å²) in [7, 11) is -1.91. The molecule has 0 aliphatic rings. The average molecular weight is 376 g/mol. The van der Waals surface area contributed by atoms with E-state index in [1.807, 2.05) is 12.1 Å². The molecule has 0 aromatic carbocycles. The van der Waals surface area contributed by atoms with Crippen molar-refractivity contribution in [2.75, 3.05) is 18.9 Å². The second-order valence-electron chi connectivity index (χ2n) is 3.95. The van der Waals surface area contributed by atoms with Crippen LogP contribution in [-0.4, -0.2) is 27.0 Å². The number of thiophene rings is 1. The molecule has 0 bridgehead atoms. The van der Waals surface area contributed by atoms with Gasteiger partial charge < -0.3 is 5.32 Å². The molecule has 5 nitrogen and oxygen atoms in total. The van der Waals surface area contributed by atoms with Crippen LogP contribution in [0, 0.1) is 0 Å². The number of anilines is 1. The zero-order chi connectivity index (χ0) is 14.6. The minimum atomic E-state index is -3.55. The Morgan fingerprint density at radius 1 is 1.35 bits per heavy atom. The molecule has 0 amide bonds. The number of rotatable bonds is 6. The molecule has 0 saturated heterocycles. The van der Waals surface area contributed by atoms with Crippen molar-refractivity contribution in [3.63, 3.8) is 0 Å². The van der Waals surface area contributed by atoms with Crippen molar-refractivity contribution in [1.29, 1.82) is 0 Å². The summed E-state index contributed by atoms with van der Waals surface area (Å²) in [6.45, 7) is 0.354. The van der Waals surface area contributed by atoms with Crippen LogP contribution in [-0.2, 0) is 16.4 Å².